The van der Waals surface area contributed by atoms with Gasteiger partial charge >= 0.3 is 5.97 Å². The molecular formula is C13H15ClF2N2O2. The summed E-state index contributed by atoms with van der Waals surface area (Å²) in [5.41, 5.74) is 6.40. The molecule has 0 aromatic rings. The zero-order chi connectivity index (χ0) is 15.1. The van der Waals surface area contributed by atoms with E-state index in [0.29, 0.717) is 16.3 Å². The van der Waals surface area contributed by atoms with Crippen LogP contribution in [-0.2, 0) is 9.53 Å². The molecule has 0 radical (unpaired) electrons. The highest BCUT2D eigenvalue weighted by Gasteiger charge is 2.22. The summed E-state index contributed by atoms with van der Waals surface area (Å²) in [6.45, 7) is 3.06. The van der Waals surface area contributed by atoms with Crippen LogP contribution in [0.15, 0.2) is 47.3 Å². The van der Waals surface area contributed by atoms with Crippen molar-refractivity contribution in [2.45, 2.75) is 6.43 Å². The number of cyclic esters (lactones) is 1. The average Bonchev–Trinajstić information content (AvgIpc) is 2.79. The molecule has 7 heteroatoms. The molecule has 0 aromatic heterocycles. The van der Waals surface area contributed by atoms with Gasteiger partial charge in [-0.25, -0.2) is 13.6 Å². The van der Waals surface area contributed by atoms with Crippen LogP contribution in [-0.4, -0.2) is 37.0 Å². The highest BCUT2D eigenvalue weighted by atomic mass is 35.5. The summed E-state index contributed by atoms with van der Waals surface area (Å²) in [5.74, 6) is -0.540. The van der Waals surface area contributed by atoms with Crippen LogP contribution >= 0.6 is 11.6 Å². The van der Waals surface area contributed by atoms with Gasteiger partial charge in [0, 0.05) is 17.7 Å². The summed E-state index contributed by atoms with van der Waals surface area (Å²) in [5, 5.41) is 0.295. The summed E-state index contributed by atoms with van der Waals surface area (Å²) < 4.78 is 29.9. The third kappa shape index (κ3) is 5.44. The molecule has 0 spiro atoms. The predicted molar refractivity (Wildman–Crippen MR) is 73.0 cm³/mol. The number of hydrogen-bond donors (Lipinski definition) is 1. The molecule has 0 atom stereocenters. The minimum absolute atomic E-state index is 0.0185. The molecule has 2 N–H and O–H groups in total. The molecule has 0 bridgehead atoms. The molecule has 0 aromatic carbocycles. The van der Waals surface area contributed by atoms with E-state index in [0.717, 1.165) is 0 Å². The van der Waals surface area contributed by atoms with E-state index in [1.54, 1.807) is 6.08 Å². The summed E-state index contributed by atoms with van der Waals surface area (Å²) >= 11 is 5.59. The van der Waals surface area contributed by atoms with E-state index >= 15 is 0 Å². The SMILES string of the molecule is C=C(Cl)/C=C\C(=C/N)CN(CC(F)F)C1=CC(=O)OC1. The van der Waals surface area contributed by atoms with Gasteiger partial charge in [-0.15, -0.1) is 0 Å². The highest BCUT2D eigenvalue weighted by molar-refractivity contribution is 6.30. The van der Waals surface area contributed by atoms with E-state index in [4.69, 9.17) is 22.1 Å². The number of allylic oxidation sites excluding steroid dienone is 2. The molecule has 1 aliphatic heterocycles. The zero-order valence-corrected chi connectivity index (χ0v) is 11.4. The van der Waals surface area contributed by atoms with Gasteiger partial charge in [-0.3, -0.25) is 0 Å². The summed E-state index contributed by atoms with van der Waals surface area (Å²) in [4.78, 5) is 12.4. The number of hydrogen-bond acceptors (Lipinski definition) is 4. The first-order chi connectivity index (χ1) is 9.42. The van der Waals surface area contributed by atoms with Gasteiger partial charge in [0.2, 0.25) is 0 Å². The Balaban J connectivity index is 2.81. The number of carbonyl (C=O) groups excluding carboxylic acids is 1. The molecule has 0 amide bonds. The van der Waals surface area contributed by atoms with Crippen LogP contribution in [0.1, 0.15) is 0 Å². The first kappa shape index (κ1) is 16.2. The van der Waals surface area contributed by atoms with E-state index in [1.807, 2.05) is 0 Å². The van der Waals surface area contributed by atoms with Crippen molar-refractivity contribution in [1.82, 2.24) is 4.90 Å². The fourth-order valence-electron chi connectivity index (χ4n) is 1.58. The maximum absolute atomic E-state index is 12.6. The lowest BCUT2D eigenvalue weighted by molar-refractivity contribution is -0.135. The fourth-order valence-corrected chi connectivity index (χ4v) is 1.64. The Labute approximate surface area is 120 Å². The molecule has 20 heavy (non-hydrogen) atoms. The Bertz CT molecular complexity index is 473. The van der Waals surface area contributed by atoms with E-state index in [2.05, 4.69) is 6.58 Å². The van der Waals surface area contributed by atoms with E-state index in [9.17, 15) is 13.6 Å². The van der Waals surface area contributed by atoms with E-state index in [1.165, 1.54) is 23.3 Å². The van der Waals surface area contributed by atoms with Crippen molar-refractivity contribution in [3.8, 4) is 0 Å². The van der Waals surface area contributed by atoms with Crippen LogP contribution in [0, 0.1) is 0 Å². The second kappa shape index (κ2) is 7.69. The fraction of sp³-hybridized carbons (Fsp3) is 0.308. The van der Waals surface area contributed by atoms with E-state index in [-0.39, 0.29) is 13.2 Å². The molecule has 0 aliphatic carbocycles. The monoisotopic (exact) mass is 304 g/mol. The van der Waals surface area contributed by atoms with Crippen LogP contribution in [0.3, 0.4) is 0 Å². The van der Waals surface area contributed by atoms with Crippen molar-refractivity contribution in [3.63, 3.8) is 0 Å². The number of ether oxygens (including phenoxy) is 1. The number of alkyl halides is 2. The van der Waals surface area contributed by atoms with Gasteiger partial charge < -0.3 is 15.4 Å². The Morgan fingerprint density at radius 2 is 2.30 bits per heavy atom. The topological polar surface area (TPSA) is 55.6 Å². The molecule has 4 nitrogen and oxygen atoms in total. The molecular weight excluding hydrogens is 290 g/mol. The van der Waals surface area contributed by atoms with Gasteiger partial charge in [-0.1, -0.05) is 24.3 Å². The highest BCUT2D eigenvalue weighted by Crippen LogP contribution is 2.16. The summed E-state index contributed by atoms with van der Waals surface area (Å²) in [6.07, 6.45) is 3.02. The zero-order valence-electron chi connectivity index (χ0n) is 10.7. The first-order valence-electron chi connectivity index (χ1n) is 5.76. The Morgan fingerprint density at radius 3 is 2.75 bits per heavy atom. The number of nitrogens with zero attached hydrogens (tertiary/aromatic N) is 1. The Morgan fingerprint density at radius 1 is 1.60 bits per heavy atom. The van der Waals surface area contributed by atoms with Gasteiger partial charge in [0.05, 0.1) is 12.2 Å². The lowest BCUT2D eigenvalue weighted by Gasteiger charge is -2.24. The number of rotatable bonds is 7. The lowest BCUT2D eigenvalue weighted by Crippen LogP contribution is -2.31. The molecule has 0 unspecified atom stereocenters. The van der Waals surface area contributed by atoms with Crippen molar-refractivity contribution < 1.29 is 18.3 Å². The molecule has 0 saturated carbocycles. The van der Waals surface area contributed by atoms with Crippen LogP contribution < -0.4 is 5.73 Å². The van der Waals surface area contributed by atoms with Crippen molar-refractivity contribution in [1.29, 1.82) is 0 Å². The third-order valence-electron chi connectivity index (χ3n) is 2.48. The normalized spacial score (nSPS) is 15.7. The van der Waals surface area contributed by atoms with Crippen molar-refractivity contribution in [2.75, 3.05) is 19.7 Å². The van der Waals surface area contributed by atoms with Gasteiger partial charge in [0.1, 0.15) is 6.61 Å². The van der Waals surface area contributed by atoms with Gasteiger partial charge in [-0.05, 0) is 17.8 Å². The van der Waals surface area contributed by atoms with Crippen LogP contribution in [0.4, 0.5) is 8.78 Å². The number of nitrogens with two attached hydrogens (primary N) is 1. The third-order valence-corrected chi connectivity index (χ3v) is 2.60. The standard InChI is InChI=1S/C13H15ClF2N2O2/c1-9(14)2-3-10(5-17)6-18(7-12(15)16)11-4-13(19)20-8-11/h2-5,12H,1,6-8,17H2/b3-2-,10-5+. The summed E-state index contributed by atoms with van der Waals surface area (Å²) in [6, 6.07) is 0. The number of carbonyl (C=O) groups is 1. The second-order valence-electron chi connectivity index (χ2n) is 4.04. The van der Waals surface area contributed by atoms with Gasteiger partial charge in [0.15, 0.2) is 0 Å². The predicted octanol–water partition coefficient (Wildman–Crippen LogP) is 2.15. The quantitative estimate of drug-likeness (QED) is 0.578. The van der Waals surface area contributed by atoms with E-state index < -0.39 is 18.9 Å². The smallest absolute Gasteiger partial charge is 0.333 e. The molecule has 110 valence electrons. The van der Waals surface area contributed by atoms with Crippen LogP contribution in [0.25, 0.3) is 0 Å². The molecule has 0 fully saturated rings. The number of esters is 1. The average molecular weight is 305 g/mol. The Hall–Kier alpha value is -1.82. The largest absolute Gasteiger partial charge is 0.456 e. The minimum Gasteiger partial charge on any atom is -0.456 e. The van der Waals surface area contributed by atoms with Crippen molar-refractivity contribution >= 4 is 17.6 Å². The Kier molecular flexibility index (Phi) is 6.24. The van der Waals surface area contributed by atoms with Gasteiger partial charge in [-0.2, -0.15) is 0 Å². The molecule has 1 aliphatic rings. The van der Waals surface area contributed by atoms with Gasteiger partial charge in [0.25, 0.3) is 6.43 Å². The maximum Gasteiger partial charge on any atom is 0.333 e. The lowest BCUT2D eigenvalue weighted by atomic mass is 10.2. The van der Waals surface area contributed by atoms with Crippen molar-refractivity contribution in [2.24, 2.45) is 5.73 Å². The molecule has 0 saturated heterocycles. The van der Waals surface area contributed by atoms with Crippen LogP contribution in [0.5, 0.6) is 0 Å². The first-order valence-corrected chi connectivity index (χ1v) is 6.14. The summed E-state index contributed by atoms with van der Waals surface area (Å²) in [7, 11) is 0. The van der Waals surface area contributed by atoms with Crippen molar-refractivity contribution in [3.05, 3.63) is 47.3 Å². The number of halogens is 3. The maximum atomic E-state index is 12.6. The second-order valence-corrected chi connectivity index (χ2v) is 4.52. The molecule has 1 rings (SSSR count). The minimum atomic E-state index is -2.54. The van der Waals surface area contributed by atoms with Crippen LogP contribution in [0.2, 0.25) is 0 Å². The molecule has 1 heterocycles.